The zero-order valence-corrected chi connectivity index (χ0v) is 8.47. The van der Waals surface area contributed by atoms with Crippen LogP contribution < -0.4 is 0 Å². The largest absolute Gasteiger partial charge is 0.339 e. The van der Waals surface area contributed by atoms with Gasteiger partial charge in [0.15, 0.2) is 0 Å². The monoisotopic (exact) mass is 189 g/mol. The molecule has 1 aliphatic rings. The molecular formula is C9H16ClNO. The zero-order chi connectivity index (χ0) is 9.14. The summed E-state index contributed by atoms with van der Waals surface area (Å²) in [7, 11) is 0. The second kappa shape index (κ2) is 4.13. The van der Waals surface area contributed by atoms with Crippen molar-refractivity contribution in [3.8, 4) is 0 Å². The summed E-state index contributed by atoms with van der Waals surface area (Å²) in [6, 6.07) is 0.375. The molecule has 1 saturated heterocycles. The number of hydrogen-bond acceptors (Lipinski definition) is 1. The van der Waals surface area contributed by atoms with E-state index < -0.39 is 0 Å². The van der Waals surface area contributed by atoms with E-state index in [0.717, 1.165) is 25.3 Å². The predicted molar refractivity (Wildman–Crippen MR) is 50.3 cm³/mol. The number of alkyl halides is 1. The van der Waals surface area contributed by atoms with Crippen LogP contribution in [0.5, 0.6) is 0 Å². The molecule has 1 fully saturated rings. The number of piperidine rings is 1. The molecule has 1 heterocycles. The first-order valence-corrected chi connectivity index (χ1v) is 5.04. The molecule has 0 aromatic carbocycles. The van der Waals surface area contributed by atoms with Gasteiger partial charge in [-0.2, -0.15) is 0 Å². The summed E-state index contributed by atoms with van der Waals surface area (Å²) in [5.74, 6) is 0.953. The van der Waals surface area contributed by atoms with Crippen LogP contribution in [0.3, 0.4) is 0 Å². The van der Waals surface area contributed by atoms with Crippen molar-refractivity contribution in [1.82, 2.24) is 4.90 Å². The highest BCUT2D eigenvalue weighted by atomic mass is 35.5. The maximum Gasteiger partial charge on any atom is 0.237 e. The second-order valence-electron chi connectivity index (χ2n) is 3.70. The topological polar surface area (TPSA) is 20.3 Å². The van der Waals surface area contributed by atoms with Crippen molar-refractivity contribution >= 4 is 17.5 Å². The fraction of sp³-hybridized carbons (Fsp3) is 0.889. The van der Waals surface area contributed by atoms with Crippen molar-refractivity contribution < 1.29 is 4.79 Å². The Bertz CT molecular complexity index is 172. The van der Waals surface area contributed by atoms with Crippen LogP contribution in [-0.2, 0) is 4.79 Å². The Kier molecular flexibility index (Phi) is 3.39. The van der Waals surface area contributed by atoms with E-state index in [2.05, 4.69) is 13.8 Å². The smallest absolute Gasteiger partial charge is 0.237 e. The maximum absolute atomic E-state index is 11.3. The van der Waals surface area contributed by atoms with E-state index in [-0.39, 0.29) is 11.8 Å². The quantitative estimate of drug-likeness (QED) is 0.577. The standard InChI is InChI=1S/C9H16ClNO/c1-7-3-4-11(8(2)5-7)9(12)6-10/h7-8H,3-6H2,1-2H3/t7-,8-/m1/s1. The molecule has 2 atom stereocenters. The van der Waals surface area contributed by atoms with Crippen LogP contribution in [0, 0.1) is 5.92 Å². The third-order valence-electron chi connectivity index (χ3n) is 2.57. The molecule has 3 heteroatoms. The number of carbonyl (C=O) groups excluding carboxylic acids is 1. The van der Waals surface area contributed by atoms with E-state index in [1.807, 2.05) is 4.90 Å². The molecular weight excluding hydrogens is 174 g/mol. The third kappa shape index (κ3) is 2.13. The van der Waals surface area contributed by atoms with Gasteiger partial charge in [0.1, 0.15) is 5.88 Å². The number of likely N-dealkylation sites (tertiary alicyclic amines) is 1. The Labute approximate surface area is 78.9 Å². The summed E-state index contributed by atoms with van der Waals surface area (Å²) in [6.07, 6.45) is 2.23. The van der Waals surface area contributed by atoms with Crippen molar-refractivity contribution in [2.24, 2.45) is 5.92 Å². The molecule has 2 nitrogen and oxygen atoms in total. The average molecular weight is 190 g/mol. The Morgan fingerprint density at radius 3 is 2.75 bits per heavy atom. The zero-order valence-electron chi connectivity index (χ0n) is 7.72. The summed E-state index contributed by atoms with van der Waals surface area (Å²) in [6.45, 7) is 5.22. The van der Waals surface area contributed by atoms with Crippen molar-refractivity contribution in [3.63, 3.8) is 0 Å². The number of carbonyl (C=O) groups is 1. The van der Waals surface area contributed by atoms with Crippen molar-refractivity contribution in [2.75, 3.05) is 12.4 Å². The molecule has 0 spiro atoms. The molecule has 1 amide bonds. The van der Waals surface area contributed by atoms with E-state index in [1.54, 1.807) is 0 Å². The lowest BCUT2D eigenvalue weighted by Crippen LogP contribution is -2.44. The van der Waals surface area contributed by atoms with E-state index in [0.29, 0.717) is 6.04 Å². The first-order valence-electron chi connectivity index (χ1n) is 4.50. The van der Waals surface area contributed by atoms with Crippen molar-refractivity contribution in [2.45, 2.75) is 32.7 Å². The lowest BCUT2D eigenvalue weighted by atomic mass is 9.93. The van der Waals surface area contributed by atoms with Gasteiger partial charge < -0.3 is 4.90 Å². The lowest BCUT2D eigenvalue weighted by Gasteiger charge is -2.36. The highest BCUT2D eigenvalue weighted by Gasteiger charge is 2.25. The summed E-state index contributed by atoms with van der Waals surface area (Å²) in [5, 5.41) is 0. The Morgan fingerprint density at radius 2 is 2.25 bits per heavy atom. The number of amides is 1. The molecule has 0 aromatic heterocycles. The summed E-state index contributed by atoms with van der Waals surface area (Å²) in [4.78, 5) is 13.2. The fourth-order valence-electron chi connectivity index (χ4n) is 1.85. The van der Waals surface area contributed by atoms with Gasteiger partial charge in [-0.15, -0.1) is 11.6 Å². The van der Waals surface area contributed by atoms with E-state index in [1.165, 1.54) is 0 Å². The lowest BCUT2D eigenvalue weighted by molar-refractivity contribution is -0.132. The molecule has 0 saturated carbocycles. The highest BCUT2D eigenvalue weighted by Crippen LogP contribution is 2.22. The van der Waals surface area contributed by atoms with Crippen LogP contribution in [0.25, 0.3) is 0 Å². The van der Waals surface area contributed by atoms with Gasteiger partial charge in [0.05, 0.1) is 0 Å². The molecule has 12 heavy (non-hydrogen) atoms. The van der Waals surface area contributed by atoms with Gasteiger partial charge in [0.25, 0.3) is 0 Å². The summed E-state index contributed by atoms with van der Waals surface area (Å²) < 4.78 is 0. The minimum Gasteiger partial charge on any atom is -0.339 e. The molecule has 0 radical (unpaired) electrons. The van der Waals surface area contributed by atoms with Crippen LogP contribution >= 0.6 is 11.6 Å². The first-order chi connectivity index (χ1) is 5.65. The van der Waals surface area contributed by atoms with Gasteiger partial charge in [-0.3, -0.25) is 4.79 Å². The number of rotatable bonds is 1. The van der Waals surface area contributed by atoms with Gasteiger partial charge in [0, 0.05) is 12.6 Å². The van der Waals surface area contributed by atoms with Crippen molar-refractivity contribution in [3.05, 3.63) is 0 Å². The van der Waals surface area contributed by atoms with E-state index in [4.69, 9.17) is 11.6 Å². The number of halogens is 1. The SMILES string of the molecule is C[C@@H]1CCN(C(=O)CCl)[C@H](C)C1. The van der Waals surface area contributed by atoms with Gasteiger partial charge in [-0.05, 0) is 25.7 Å². The fourth-order valence-corrected chi connectivity index (χ4v) is 2.01. The molecule has 1 rings (SSSR count). The Morgan fingerprint density at radius 1 is 1.58 bits per heavy atom. The Hall–Kier alpha value is -0.240. The molecule has 0 unspecified atom stereocenters. The van der Waals surface area contributed by atoms with Crippen LogP contribution in [0.1, 0.15) is 26.7 Å². The van der Waals surface area contributed by atoms with Gasteiger partial charge in [-0.25, -0.2) is 0 Å². The maximum atomic E-state index is 11.3. The third-order valence-corrected chi connectivity index (χ3v) is 2.80. The van der Waals surface area contributed by atoms with Crippen LogP contribution in [0.2, 0.25) is 0 Å². The minimum atomic E-state index is 0.0797. The Balaban J connectivity index is 2.50. The molecule has 0 aliphatic carbocycles. The van der Waals surface area contributed by atoms with Gasteiger partial charge >= 0.3 is 0 Å². The van der Waals surface area contributed by atoms with Gasteiger partial charge in [0.2, 0.25) is 5.91 Å². The van der Waals surface area contributed by atoms with Crippen molar-refractivity contribution in [1.29, 1.82) is 0 Å². The van der Waals surface area contributed by atoms with E-state index in [9.17, 15) is 4.79 Å². The number of nitrogens with zero attached hydrogens (tertiary/aromatic N) is 1. The van der Waals surface area contributed by atoms with Gasteiger partial charge in [-0.1, -0.05) is 6.92 Å². The molecule has 0 N–H and O–H groups in total. The first kappa shape index (κ1) is 9.85. The average Bonchev–Trinajstić information content (AvgIpc) is 2.03. The van der Waals surface area contributed by atoms with Crippen LogP contribution in [0.4, 0.5) is 0 Å². The summed E-state index contributed by atoms with van der Waals surface area (Å²) >= 11 is 5.50. The molecule has 70 valence electrons. The normalized spacial score (nSPS) is 30.4. The molecule has 0 aromatic rings. The molecule has 1 aliphatic heterocycles. The number of hydrogen-bond donors (Lipinski definition) is 0. The second-order valence-corrected chi connectivity index (χ2v) is 3.97. The highest BCUT2D eigenvalue weighted by molar-refractivity contribution is 6.27. The predicted octanol–water partition coefficient (Wildman–Crippen LogP) is 1.87. The van der Waals surface area contributed by atoms with Crippen LogP contribution in [-0.4, -0.2) is 29.3 Å². The summed E-state index contributed by atoms with van der Waals surface area (Å²) in [5.41, 5.74) is 0. The van der Waals surface area contributed by atoms with Crippen LogP contribution in [0.15, 0.2) is 0 Å². The van der Waals surface area contributed by atoms with E-state index >= 15 is 0 Å². The molecule has 0 bridgehead atoms. The minimum absolute atomic E-state index is 0.0797.